The average molecular weight is 355 g/mol. The van der Waals surface area contributed by atoms with E-state index in [0.29, 0.717) is 12.2 Å². The summed E-state index contributed by atoms with van der Waals surface area (Å²) in [6.45, 7) is 0.673. The third-order valence-electron chi connectivity index (χ3n) is 4.62. The van der Waals surface area contributed by atoms with Gasteiger partial charge in [0.05, 0.1) is 11.7 Å². The van der Waals surface area contributed by atoms with Gasteiger partial charge in [-0.25, -0.2) is 4.39 Å². The molecule has 1 saturated heterocycles. The topological polar surface area (TPSA) is 49.0 Å². The molecule has 25 heavy (non-hydrogen) atoms. The molecule has 1 aliphatic heterocycles. The van der Waals surface area contributed by atoms with Crippen LogP contribution in [0.2, 0.25) is 0 Å². The van der Waals surface area contributed by atoms with Crippen LogP contribution in [-0.4, -0.2) is 27.5 Å². The molecule has 1 unspecified atom stereocenters. The number of carbonyl (C=O) groups is 1. The highest BCUT2D eigenvalue weighted by Crippen LogP contribution is 2.32. The van der Waals surface area contributed by atoms with Crippen LogP contribution in [0.4, 0.5) is 4.39 Å². The number of hydrogen-bond donors (Lipinski definition) is 1. The summed E-state index contributed by atoms with van der Waals surface area (Å²) in [5.74, 6) is -0.348. The number of nitrogens with zero attached hydrogens (tertiary/aromatic N) is 2. The maximum Gasteiger partial charge on any atom is 0.272 e. The third kappa shape index (κ3) is 3.22. The minimum atomic E-state index is -0.267. The van der Waals surface area contributed by atoms with Crippen LogP contribution >= 0.6 is 11.3 Å². The van der Waals surface area contributed by atoms with Crippen molar-refractivity contribution >= 4 is 17.2 Å². The van der Waals surface area contributed by atoms with E-state index in [2.05, 4.69) is 10.2 Å². The summed E-state index contributed by atoms with van der Waals surface area (Å²) in [6.07, 6.45) is 2.85. The Kier molecular flexibility index (Phi) is 4.36. The molecule has 2 aromatic heterocycles. The van der Waals surface area contributed by atoms with E-state index in [1.54, 1.807) is 23.5 Å². The molecule has 4 rings (SSSR count). The van der Waals surface area contributed by atoms with E-state index in [4.69, 9.17) is 0 Å². The van der Waals surface area contributed by atoms with Crippen molar-refractivity contribution in [3.63, 3.8) is 0 Å². The van der Waals surface area contributed by atoms with Gasteiger partial charge >= 0.3 is 0 Å². The van der Waals surface area contributed by atoms with Crippen LogP contribution in [0.25, 0.3) is 11.3 Å². The molecule has 0 bridgehead atoms. The molecule has 128 valence electrons. The molecule has 1 atom stereocenters. The van der Waals surface area contributed by atoms with Crippen LogP contribution in [0.5, 0.6) is 0 Å². The van der Waals surface area contributed by atoms with Crippen LogP contribution in [0.1, 0.15) is 41.4 Å². The molecule has 1 amide bonds. The van der Waals surface area contributed by atoms with Crippen molar-refractivity contribution in [2.24, 2.45) is 0 Å². The Balaban J connectivity index is 1.61. The van der Waals surface area contributed by atoms with Gasteiger partial charge in [0.2, 0.25) is 0 Å². The van der Waals surface area contributed by atoms with Crippen molar-refractivity contribution in [3.8, 4) is 11.3 Å². The van der Waals surface area contributed by atoms with E-state index in [1.165, 1.54) is 12.1 Å². The Morgan fingerprint density at radius 1 is 1.28 bits per heavy atom. The molecule has 1 fully saturated rings. The fraction of sp³-hybridized carbons (Fsp3) is 0.263. The smallest absolute Gasteiger partial charge is 0.272 e. The molecule has 6 heteroatoms. The second-order valence-corrected chi connectivity index (χ2v) is 7.02. The zero-order valence-electron chi connectivity index (χ0n) is 13.6. The number of halogens is 1. The minimum Gasteiger partial charge on any atom is -0.330 e. The van der Waals surface area contributed by atoms with Crippen molar-refractivity contribution in [3.05, 3.63) is 64.2 Å². The monoisotopic (exact) mass is 355 g/mol. The van der Waals surface area contributed by atoms with Crippen LogP contribution in [-0.2, 0) is 0 Å². The Morgan fingerprint density at radius 3 is 3.00 bits per heavy atom. The summed E-state index contributed by atoms with van der Waals surface area (Å²) < 4.78 is 13.6. The van der Waals surface area contributed by atoms with Crippen LogP contribution in [0.15, 0.2) is 47.2 Å². The molecule has 1 aliphatic rings. The molecule has 4 nitrogen and oxygen atoms in total. The number of H-pyrrole nitrogens is 1. The van der Waals surface area contributed by atoms with Gasteiger partial charge in [0.25, 0.3) is 5.91 Å². The molecule has 3 aromatic rings. The molecular formula is C19H18FN3OS. The molecule has 0 aliphatic carbocycles. The van der Waals surface area contributed by atoms with Gasteiger partial charge in [-0.15, -0.1) is 0 Å². The summed E-state index contributed by atoms with van der Waals surface area (Å²) in [7, 11) is 0. The first-order valence-electron chi connectivity index (χ1n) is 8.37. The van der Waals surface area contributed by atoms with Crippen molar-refractivity contribution in [2.45, 2.75) is 25.3 Å². The Bertz CT molecular complexity index is 874. The number of rotatable bonds is 3. The molecular weight excluding hydrogens is 337 g/mol. The zero-order valence-corrected chi connectivity index (χ0v) is 14.4. The fourth-order valence-corrected chi connectivity index (χ4v) is 4.03. The van der Waals surface area contributed by atoms with Gasteiger partial charge < -0.3 is 4.90 Å². The largest absolute Gasteiger partial charge is 0.330 e. The minimum absolute atomic E-state index is 0.0806. The lowest BCUT2D eigenvalue weighted by Crippen LogP contribution is -2.38. The second kappa shape index (κ2) is 6.80. The van der Waals surface area contributed by atoms with Gasteiger partial charge in [0.15, 0.2) is 0 Å². The SMILES string of the molecule is O=C(c1cc(-c2ccsc2)n[nH]1)N1CCCCC1c1cccc(F)c1. The number of carbonyl (C=O) groups excluding carboxylic acids is 1. The molecule has 0 radical (unpaired) electrons. The molecule has 1 N–H and O–H groups in total. The highest BCUT2D eigenvalue weighted by atomic mass is 32.1. The number of benzene rings is 1. The number of aromatic nitrogens is 2. The van der Waals surface area contributed by atoms with E-state index >= 15 is 0 Å². The third-order valence-corrected chi connectivity index (χ3v) is 5.31. The van der Waals surface area contributed by atoms with E-state index in [1.807, 2.05) is 27.8 Å². The quantitative estimate of drug-likeness (QED) is 0.744. The Labute approximate surface area is 149 Å². The van der Waals surface area contributed by atoms with Crippen molar-refractivity contribution in [1.82, 2.24) is 15.1 Å². The maximum absolute atomic E-state index is 13.6. The summed E-state index contributed by atoms with van der Waals surface area (Å²) in [5, 5.41) is 11.1. The van der Waals surface area contributed by atoms with Gasteiger partial charge in [-0.3, -0.25) is 9.89 Å². The van der Waals surface area contributed by atoms with Crippen LogP contribution in [0, 0.1) is 5.82 Å². The van der Waals surface area contributed by atoms with E-state index in [0.717, 1.165) is 36.1 Å². The summed E-state index contributed by atoms with van der Waals surface area (Å²) in [4.78, 5) is 14.9. The summed E-state index contributed by atoms with van der Waals surface area (Å²) in [6, 6.07) is 10.2. The second-order valence-electron chi connectivity index (χ2n) is 6.24. The molecule has 3 heterocycles. The van der Waals surface area contributed by atoms with E-state index in [-0.39, 0.29) is 17.8 Å². The van der Waals surface area contributed by atoms with Gasteiger partial charge in [-0.2, -0.15) is 16.4 Å². The fourth-order valence-electron chi connectivity index (χ4n) is 3.38. The van der Waals surface area contributed by atoms with Crippen molar-refractivity contribution in [2.75, 3.05) is 6.54 Å². The Morgan fingerprint density at radius 2 is 2.20 bits per heavy atom. The predicted molar refractivity (Wildman–Crippen MR) is 95.9 cm³/mol. The molecule has 0 spiro atoms. The van der Waals surface area contributed by atoms with Crippen LogP contribution < -0.4 is 0 Å². The maximum atomic E-state index is 13.6. The highest BCUT2D eigenvalue weighted by Gasteiger charge is 2.30. The summed E-state index contributed by atoms with van der Waals surface area (Å²) in [5.41, 5.74) is 3.10. The van der Waals surface area contributed by atoms with Crippen molar-refractivity contribution in [1.29, 1.82) is 0 Å². The van der Waals surface area contributed by atoms with Gasteiger partial charge in [-0.05, 0) is 54.5 Å². The highest BCUT2D eigenvalue weighted by molar-refractivity contribution is 7.08. The standard InChI is InChI=1S/C19H18FN3OS/c20-15-5-3-4-13(10-15)18-6-1-2-8-23(18)19(24)17-11-16(21-22-17)14-7-9-25-12-14/h3-5,7,9-12,18H,1-2,6,8H2,(H,21,22). The summed E-state index contributed by atoms with van der Waals surface area (Å²) >= 11 is 1.59. The lowest BCUT2D eigenvalue weighted by atomic mass is 9.95. The van der Waals surface area contributed by atoms with Crippen molar-refractivity contribution < 1.29 is 9.18 Å². The molecule has 1 aromatic carbocycles. The van der Waals surface area contributed by atoms with Gasteiger partial charge in [0, 0.05) is 17.5 Å². The zero-order chi connectivity index (χ0) is 17.2. The van der Waals surface area contributed by atoms with Gasteiger partial charge in [0.1, 0.15) is 11.5 Å². The lowest BCUT2D eigenvalue weighted by Gasteiger charge is -2.35. The predicted octanol–water partition coefficient (Wildman–Crippen LogP) is 4.64. The first-order chi connectivity index (χ1) is 12.2. The first kappa shape index (κ1) is 16.0. The number of thiophene rings is 1. The first-order valence-corrected chi connectivity index (χ1v) is 9.31. The molecule has 0 saturated carbocycles. The number of hydrogen-bond acceptors (Lipinski definition) is 3. The van der Waals surface area contributed by atoms with E-state index in [9.17, 15) is 9.18 Å². The Hall–Kier alpha value is -2.47. The van der Waals surface area contributed by atoms with Crippen LogP contribution in [0.3, 0.4) is 0 Å². The number of amides is 1. The lowest BCUT2D eigenvalue weighted by molar-refractivity contribution is 0.0605. The van der Waals surface area contributed by atoms with Gasteiger partial charge in [-0.1, -0.05) is 12.1 Å². The number of piperidine rings is 1. The number of nitrogens with one attached hydrogen (secondary N) is 1. The number of likely N-dealkylation sites (tertiary alicyclic amines) is 1. The average Bonchev–Trinajstić information content (AvgIpc) is 3.32. The normalized spacial score (nSPS) is 17.6. The number of aromatic amines is 1. The van der Waals surface area contributed by atoms with E-state index < -0.39 is 0 Å².